The fraction of sp³-hybridized carbons (Fsp3) is 0.0769. The predicted molar refractivity (Wildman–Crippen MR) is 115 cm³/mol. The van der Waals surface area contributed by atoms with Crippen LogP contribution in [0.25, 0.3) is 22.3 Å². The first kappa shape index (κ1) is 22.3. The molecular formula is C26H17F5O2. The number of hydrogen-bond acceptors (Lipinski definition) is 2. The van der Waals surface area contributed by atoms with Crippen molar-refractivity contribution in [2.45, 2.75) is 12.6 Å². The summed E-state index contributed by atoms with van der Waals surface area (Å²) in [5, 5.41) is 11.0. The van der Waals surface area contributed by atoms with Gasteiger partial charge in [0.25, 0.3) is 6.43 Å². The predicted octanol–water partition coefficient (Wildman–Crippen LogP) is 8.47. The molecule has 4 aromatic carbocycles. The van der Waals surface area contributed by atoms with Gasteiger partial charge in [-0.15, -0.1) is 0 Å². The molecule has 0 aliphatic carbocycles. The topological polar surface area (TPSA) is 29.5 Å². The summed E-state index contributed by atoms with van der Waals surface area (Å²) in [6.07, 6.45) is -7.92. The molecule has 1 N–H and O–H groups in total. The van der Waals surface area contributed by atoms with E-state index in [1.807, 2.05) is 30.3 Å². The molecular weight excluding hydrogens is 439 g/mol. The number of hydrogen-bond donors (Lipinski definition) is 1. The van der Waals surface area contributed by atoms with Crippen LogP contribution in [0.5, 0.6) is 17.2 Å². The van der Waals surface area contributed by atoms with E-state index in [-0.39, 0.29) is 17.2 Å². The third kappa shape index (κ3) is 4.82. The van der Waals surface area contributed by atoms with Gasteiger partial charge in [0, 0.05) is 22.3 Å². The molecule has 0 saturated carbocycles. The van der Waals surface area contributed by atoms with Crippen LogP contribution in [0.15, 0.2) is 91.0 Å². The summed E-state index contributed by atoms with van der Waals surface area (Å²) in [4.78, 5) is 0. The van der Waals surface area contributed by atoms with Gasteiger partial charge in [0.1, 0.15) is 17.2 Å². The number of phenols is 1. The highest BCUT2D eigenvalue weighted by atomic mass is 19.4. The van der Waals surface area contributed by atoms with Gasteiger partial charge in [-0.2, -0.15) is 13.2 Å². The zero-order chi connectivity index (χ0) is 23.6. The van der Waals surface area contributed by atoms with E-state index in [2.05, 4.69) is 0 Å². The molecule has 0 aliphatic heterocycles. The SMILES string of the molecule is Oc1c(-c2ccccc2)cccc1-c1ccccc1Oc1cc(C(F)F)cc(C(F)(F)F)c1. The highest BCUT2D eigenvalue weighted by Gasteiger charge is 2.32. The van der Waals surface area contributed by atoms with E-state index in [9.17, 15) is 27.1 Å². The molecule has 7 heteroatoms. The Hall–Kier alpha value is -3.87. The second-order valence-electron chi connectivity index (χ2n) is 7.26. The van der Waals surface area contributed by atoms with Gasteiger partial charge in [0.05, 0.1) is 5.56 Å². The number of para-hydroxylation sites is 2. The number of phenolic OH excluding ortho intramolecular Hbond substituents is 1. The van der Waals surface area contributed by atoms with Crippen molar-refractivity contribution in [1.29, 1.82) is 0 Å². The summed E-state index contributed by atoms with van der Waals surface area (Å²) >= 11 is 0. The molecule has 0 bridgehead atoms. The maximum absolute atomic E-state index is 13.2. The van der Waals surface area contributed by atoms with Gasteiger partial charge >= 0.3 is 6.18 Å². The van der Waals surface area contributed by atoms with Gasteiger partial charge in [0.2, 0.25) is 0 Å². The van der Waals surface area contributed by atoms with E-state index in [0.29, 0.717) is 28.8 Å². The Kier molecular flexibility index (Phi) is 6.05. The Labute approximate surface area is 186 Å². The van der Waals surface area contributed by atoms with E-state index in [0.717, 1.165) is 11.6 Å². The third-order valence-corrected chi connectivity index (χ3v) is 5.03. The Bertz CT molecular complexity index is 1270. The van der Waals surface area contributed by atoms with Crippen LogP contribution in [0, 0.1) is 0 Å². The molecule has 168 valence electrons. The fourth-order valence-corrected chi connectivity index (χ4v) is 3.49. The zero-order valence-corrected chi connectivity index (χ0v) is 17.0. The minimum absolute atomic E-state index is 0.0444. The molecule has 0 atom stereocenters. The van der Waals surface area contributed by atoms with Gasteiger partial charge in [-0.3, -0.25) is 0 Å². The second-order valence-corrected chi connectivity index (χ2v) is 7.26. The van der Waals surface area contributed by atoms with Crippen LogP contribution in [0.1, 0.15) is 17.6 Å². The summed E-state index contributed by atoms with van der Waals surface area (Å²) in [7, 11) is 0. The lowest BCUT2D eigenvalue weighted by atomic mass is 9.97. The van der Waals surface area contributed by atoms with Crippen molar-refractivity contribution in [3.8, 4) is 39.5 Å². The Balaban J connectivity index is 1.79. The molecule has 0 saturated heterocycles. The zero-order valence-electron chi connectivity index (χ0n) is 17.0. The maximum atomic E-state index is 13.2. The van der Waals surface area contributed by atoms with Crippen molar-refractivity contribution in [1.82, 2.24) is 0 Å². The lowest BCUT2D eigenvalue weighted by Gasteiger charge is -2.16. The number of aromatic hydroxyl groups is 1. The minimum Gasteiger partial charge on any atom is -0.507 e. The maximum Gasteiger partial charge on any atom is 0.416 e. The van der Waals surface area contributed by atoms with Crippen molar-refractivity contribution < 1.29 is 31.8 Å². The van der Waals surface area contributed by atoms with E-state index in [1.165, 1.54) is 6.07 Å². The van der Waals surface area contributed by atoms with Crippen LogP contribution in [0.2, 0.25) is 0 Å². The molecule has 0 spiro atoms. The van der Waals surface area contributed by atoms with Gasteiger partial charge in [0.15, 0.2) is 0 Å². The standard InChI is InChI=1S/C26H17F5O2/c27-25(28)17-13-18(26(29,30)31)15-19(14-17)33-23-12-5-4-9-21(23)22-11-6-10-20(24(22)32)16-7-2-1-3-8-16/h1-15,25,32H. The van der Waals surface area contributed by atoms with Crippen LogP contribution in [0.3, 0.4) is 0 Å². The first-order chi connectivity index (χ1) is 15.7. The first-order valence-electron chi connectivity index (χ1n) is 9.89. The second kappa shape index (κ2) is 8.94. The van der Waals surface area contributed by atoms with Gasteiger partial charge in [-0.1, -0.05) is 66.7 Å². The van der Waals surface area contributed by atoms with Crippen molar-refractivity contribution in [3.05, 3.63) is 102 Å². The molecule has 2 nitrogen and oxygen atoms in total. The molecule has 0 radical (unpaired) electrons. The number of alkyl halides is 5. The fourth-order valence-electron chi connectivity index (χ4n) is 3.49. The molecule has 0 unspecified atom stereocenters. The highest BCUT2D eigenvalue weighted by molar-refractivity contribution is 5.84. The van der Waals surface area contributed by atoms with Crippen molar-refractivity contribution in [2.24, 2.45) is 0 Å². The van der Waals surface area contributed by atoms with E-state index >= 15 is 0 Å². The van der Waals surface area contributed by atoms with Crippen molar-refractivity contribution in [3.63, 3.8) is 0 Å². The molecule has 0 fully saturated rings. The summed E-state index contributed by atoms with van der Waals surface area (Å²) in [5.41, 5.74) is 0.0707. The van der Waals surface area contributed by atoms with Crippen LogP contribution in [-0.2, 0) is 6.18 Å². The molecule has 0 heterocycles. The van der Waals surface area contributed by atoms with Gasteiger partial charge in [-0.05, 0) is 29.8 Å². The van der Waals surface area contributed by atoms with Crippen molar-refractivity contribution in [2.75, 3.05) is 0 Å². The van der Waals surface area contributed by atoms with Crippen LogP contribution >= 0.6 is 0 Å². The van der Waals surface area contributed by atoms with Crippen LogP contribution in [-0.4, -0.2) is 5.11 Å². The first-order valence-corrected chi connectivity index (χ1v) is 9.89. The summed E-state index contributed by atoms with van der Waals surface area (Å²) in [6.45, 7) is 0. The van der Waals surface area contributed by atoms with Gasteiger partial charge < -0.3 is 9.84 Å². The van der Waals surface area contributed by atoms with Crippen molar-refractivity contribution >= 4 is 0 Å². The molecule has 4 aromatic rings. The Morgan fingerprint density at radius 1 is 0.697 bits per heavy atom. The normalized spacial score (nSPS) is 11.6. The smallest absolute Gasteiger partial charge is 0.416 e. The number of halogens is 5. The Morgan fingerprint density at radius 2 is 1.33 bits per heavy atom. The molecule has 0 aromatic heterocycles. The quantitative estimate of drug-likeness (QED) is 0.305. The summed E-state index contributed by atoms with van der Waals surface area (Å²) < 4.78 is 71.7. The molecule has 0 aliphatic rings. The molecule has 4 rings (SSSR count). The summed E-state index contributed by atoms with van der Waals surface area (Å²) in [6, 6.07) is 22.6. The summed E-state index contributed by atoms with van der Waals surface area (Å²) in [5.74, 6) is -0.319. The lowest BCUT2D eigenvalue weighted by Crippen LogP contribution is -2.06. The van der Waals surface area contributed by atoms with Crippen LogP contribution < -0.4 is 4.74 Å². The number of rotatable bonds is 5. The minimum atomic E-state index is -4.81. The lowest BCUT2D eigenvalue weighted by molar-refractivity contribution is -0.137. The van der Waals surface area contributed by atoms with Gasteiger partial charge in [-0.25, -0.2) is 8.78 Å². The number of ether oxygens (including phenoxy) is 1. The van der Waals surface area contributed by atoms with E-state index in [4.69, 9.17) is 4.74 Å². The third-order valence-electron chi connectivity index (χ3n) is 5.03. The Morgan fingerprint density at radius 3 is 2.03 bits per heavy atom. The van der Waals surface area contributed by atoms with E-state index < -0.39 is 23.7 Å². The average Bonchev–Trinajstić information content (AvgIpc) is 2.79. The monoisotopic (exact) mass is 456 g/mol. The highest BCUT2D eigenvalue weighted by Crippen LogP contribution is 2.43. The largest absolute Gasteiger partial charge is 0.507 e. The molecule has 0 amide bonds. The average molecular weight is 456 g/mol. The van der Waals surface area contributed by atoms with E-state index in [1.54, 1.807) is 36.4 Å². The number of benzene rings is 4. The molecule has 33 heavy (non-hydrogen) atoms. The van der Waals surface area contributed by atoms with Crippen LogP contribution in [0.4, 0.5) is 22.0 Å².